The summed E-state index contributed by atoms with van der Waals surface area (Å²) in [6.07, 6.45) is 3.62. The van der Waals surface area contributed by atoms with Crippen molar-refractivity contribution in [3.8, 4) is 0 Å². The molecule has 1 saturated heterocycles. The van der Waals surface area contributed by atoms with Crippen LogP contribution in [0.15, 0.2) is 59.4 Å². The van der Waals surface area contributed by atoms with E-state index in [1.807, 2.05) is 54.1 Å². The van der Waals surface area contributed by atoms with E-state index in [-0.39, 0.29) is 12.1 Å². The molecule has 0 aliphatic carbocycles. The van der Waals surface area contributed by atoms with Gasteiger partial charge in [-0.2, -0.15) is 5.10 Å². The summed E-state index contributed by atoms with van der Waals surface area (Å²) in [7, 11) is 0. The number of amides is 2. The fourth-order valence-electron chi connectivity index (χ4n) is 4.24. The summed E-state index contributed by atoms with van der Waals surface area (Å²) in [4.78, 5) is 14.9. The van der Waals surface area contributed by atoms with Crippen molar-refractivity contribution in [3.05, 3.63) is 65.9 Å². The first kappa shape index (κ1) is 20.2. The molecular weight excluding hydrogens is 406 g/mol. The van der Waals surface area contributed by atoms with Gasteiger partial charge in [-0.3, -0.25) is 10.2 Å². The summed E-state index contributed by atoms with van der Waals surface area (Å²) < 4.78 is 6.81. The van der Waals surface area contributed by atoms with Crippen LogP contribution >= 0.6 is 0 Å². The number of hydrogen-bond acceptors (Lipinski definition) is 6. The van der Waals surface area contributed by atoms with Crippen LogP contribution < -0.4 is 10.6 Å². The molecule has 1 aliphatic heterocycles. The van der Waals surface area contributed by atoms with E-state index in [4.69, 9.17) is 4.63 Å². The van der Waals surface area contributed by atoms with E-state index in [0.717, 1.165) is 60.3 Å². The number of carbonyl (C=O) groups is 1. The number of aryl methyl sites for hydroxylation is 1. The monoisotopic (exact) mass is 431 g/mol. The van der Waals surface area contributed by atoms with Crippen molar-refractivity contribution in [3.63, 3.8) is 0 Å². The van der Waals surface area contributed by atoms with E-state index in [1.165, 1.54) is 0 Å². The summed E-state index contributed by atoms with van der Waals surface area (Å²) in [6, 6.07) is 15.5. The molecule has 0 atom stereocenters. The largest absolute Gasteiger partial charge is 0.324 e. The number of nitrogens with one attached hydrogen (secondary N) is 2. The zero-order chi connectivity index (χ0) is 21.9. The molecule has 1 fully saturated rings. The first-order valence-corrected chi connectivity index (χ1v) is 10.8. The average molecular weight is 432 g/mol. The van der Waals surface area contributed by atoms with Crippen LogP contribution in [0.3, 0.4) is 0 Å². The maximum Gasteiger partial charge on any atom is 0.324 e. The number of urea groups is 1. The Morgan fingerprint density at radius 3 is 2.75 bits per heavy atom. The Labute approximate surface area is 185 Å². The molecule has 1 aliphatic rings. The van der Waals surface area contributed by atoms with Crippen molar-refractivity contribution in [1.82, 2.24) is 25.0 Å². The van der Waals surface area contributed by atoms with Crippen LogP contribution in [0.4, 0.5) is 16.3 Å². The minimum atomic E-state index is -0.271. The first-order chi connectivity index (χ1) is 15.7. The zero-order valence-electron chi connectivity index (χ0n) is 17.9. The fourth-order valence-corrected chi connectivity index (χ4v) is 4.24. The third-order valence-corrected chi connectivity index (χ3v) is 5.97. The normalized spacial score (nSPS) is 15.2. The minimum Gasteiger partial charge on any atom is -0.307 e. The van der Waals surface area contributed by atoms with Crippen LogP contribution in [-0.2, 0) is 6.54 Å². The maximum absolute atomic E-state index is 12.5. The third kappa shape index (κ3) is 4.19. The lowest BCUT2D eigenvalue weighted by Crippen LogP contribution is -2.35. The number of para-hydroxylation sites is 1. The van der Waals surface area contributed by atoms with Gasteiger partial charge in [0, 0.05) is 31.4 Å². The minimum absolute atomic E-state index is 0.236. The van der Waals surface area contributed by atoms with Crippen molar-refractivity contribution in [2.75, 3.05) is 23.7 Å². The molecule has 2 N–H and O–H groups in total. The maximum atomic E-state index is 12.5. The molecule has 0 spiro atoms. The summed E-state index contributed by atoms with van der Waals surface area (Å²) in [5, 5.41) is 18.3. The quantitative estimate of drug-likeness (QED) is 0.491. The number of rotatable bonds is 5. The van der Waals surface area contributed by atoms with Gasteiger partial charge in [0.1, 0.15) is 16.9 Å². The van der Waals surface area contributed by atoms with Crippen molar-refractivity contribution >= 4 is 28.6 Å². The summed E-state index contributed by atoms with van der Waals surface area (Å²) in [6.45, 7) is 4.64. The second-order valence-electron chi connectivity index (χ2n) is 8.11. The van der Waals surface area contributed by atoms with Crippen LogP contribution in [0.25, 0.3) is 11.0 Å². The van der Waals surface area contributed by atoms with E-state index in [1.54, 1.807) is 6.20 Å². The molecular formula is C23H25N7O2. The van der Waals surface area contributed by atoms with Crippen molar-refractivity contribution in [1.29, 1.82) is 0 Å². The highest BCUT2D eigenvalue weighted by Crippen LogP contribution is 2.27. The SMILES string of the molecule is Cc1ccccc1NC(=O)Nc1ccnn1C1CCN(Cc2cccc3nonc23)CC1. The average Bonchev–Trinajstić information content (AvgIpc) is 3.46. The van der Waals surface area contributed by atoms with Gasteiger partial charge in [0.25, 0.3) is 0 Å². The fraction of sp³-hybridized carbons (Fsp3) is 0.304. The molecule has 3 heterocycles. The number of aromatic nitrogens is 4. The Morgan fingerprint density at radius 2 is 1.91 bits per heavy atom. The van der Waals surface area contributed by atoms with E-state index in [2.05, 4.69) is 37.0 Å². The van der Waals surface area contributed by atoms with Crippen LogP contribution in [-0.4, -0.2) is 44.1 Å². The van der Waals surface area contributed by atoms with E-state index < -0.39 is 0 Å². The highest BCUT2D eigenvalue weighted by Gasteiger charge is 2.24. The molecule has 0 radical (unpaired) electrons. The van der Waals surface area contributed by atoms with E-state index in [0.29, 0.717) is 5.82 Å². The standard InChI is InChI=1S/C23H25N7O2/c1-16-5-2-3-7-19(16)25-23(31)26-21-9-12-24-30(21)18-10-13-29(14-11-18)15-17-6-4-8-20-22(17)28-32-27-20/h2-9,12,18H,10-11,13-15H2,1H3,(H2,25,26,31). The molecule has 32 heavy (non-hydrogen) atoms. The Bertz CT molecular complexity index is 1220. The molecule has 0 bridgehead atoms. The number of likely N-dealkylation sites (tertiary alicyclic amines) is 1. The topological polar surface area (TPSA) is 101 Å². The predicted molar refractivity (Wildman–Crippen MR) is 121 cm³/mol. The number of fused-ring (bicyclic) bond motifs is 1. The molecule has 164 valence electrons. The molecule has 9 heteroatoms. The number of carbonyl (C=O) groups excluding carboxylic acids is 1. The Balaban J connectivity index is 1.19. The number of benzene rings is 2. The second-order valence-corrected chi connectivity index (χ2v) is 8.11. The van der Waals surface area contributed by atoms with Crippen molar-refractivity contribution < 1.29 is 9.42 Å². The van der Waals surface area contributed by atoms with Gasteiger partial charge in [-0.05, 0) is 53.3 Å². The zero-order valence-corrected chi connectivity index (χ0v) is 17.9. The highest BCUT2D eigenvalue weighted by molar-refractivity contribution is 5.99. The van der Waals surface area contributed by atoms with Crippen molar-refractivity contribution in [2.24, 2.45) is 0 Å². The number of piperidine rings is 1. The molecule has 0 saturated carbocycles. The lowest BCUT2D eigenvalue weighted by molar-refractivity contribution is 0.174. The summed E-state index contributed by atoms with van der Waals surface area (Å²) in [5.74, 6) is 0.702. The lowest BCUT2D eigenvalue weighted by atomic mass is 10.0. The highest BCUT2D eigenvalue weighted by atomic mass is 16.6. The Hall–Kier alpha value is -3.72. The number of nitrogens with zero attached hydrogens (tertiary/aromatic N) is 5. The van der Waals surface area contributed by atoms with Crippen LogP contribution in [0.2, 0.25) is 0 Å². The summed E-state index contributed by atoms with van der Waals surface area (Å²) in [5.41, 5.74) is 4.54. The molecule has 0 unspecified atom stereocenters. The molecule has 4 aromatic rings. The van der Waals surface area contributed by atoms with Crippen molar-refractivity contribution in [2.45, 2.75) is 32.4 Å². The smallest absolute Gasteiger partial charge is 0.307 e. The van der Waals surface area contributed by atoms with Crippen LogP contribution in [0, 0.1) is 6.92 Å². The first-order valence-electron chi connectivity index (χ1n) is 10.8. The van der Waals surface area contributed by atoms with E-state index >= 15 is 0 Å². The molecule has 9 nitrogen and oxygen atoms in total. The third-order valence-electron chi connectivity index (χ3n) is 5.97. The molecule has 5 rings (SSSR count). The molecule has 2 aromatic carbocycles. The van der Waals surface area contributed by atoms with Gasteiger partial charge in [-0.1, -0.05) is 30.3 Å². The van der Waals surface area contributed by atoms with Gasteiger partial charge in [0.15, 0.2) is 0 Å². The second kappa shape index (κ2) is 8.80. The predicted octanol–water partition coefficient (Wildman–Crippen LogP) is 4.21. The van der Waals surface area contributed by atoms with Gasteiger partial charge in [0.05, 0.1) is 12.2 Å². The molecule has 2 aromatic heterocycles. The van der Waals surface area contributed by atoms with Gasteiger partial charge in [-0.25, -0.2) is 14.1 Å². The van der Waals surface area contributed by atoms with Gasteiger partial charge >= 0.3 is 6.03 Å². The Morgan fingerprint density at radius 1 is 1.06 bits per heavy atom. The summed E-state index contributed by atoms with van der Waals surface area (Å²) >= 11 is 0. The van der Waals surface area contributed by atoms with Crippen LogP contribution in [0.1, 0.15) is 30.0 Å². The van der Waals surface area contributed by atoms with Gasteiger partial charge in [0.2, 0.25) is 0 Å². The van der Waals surface area contributed by atoms with Gasteiger partial charge < -0.3 is 5.32 Å². The van der Waals surface area contributed by atoms with E-state index in [9.17, 15) is 4.79 Å². The Kier molecular flexibility index (Phi) is 5.55. The number of anilines is 2. The van der Waals surface area contributed by atoms with Crippen LogP contribution in [0.5, 0.6) is 0 Å². The number of hydrogen-bond donors (Lipinski definition) is 2. The lowest BCUT2D eigenvalue weighted by Gasteiger charge is -2.32. The molecule has 2 amide bonds. The van der Waals surface area contributed by atoms with Gasteiger partial charge in [-0.15, -0.1) is 0 Å².